The van der Waals surface area contributed by atoms with Crippen molar-refractivity contribution in [1.82, 2.24) is 4.31 Å². The monoisotopic (exact) mass is 490 g/mol. The Morgan fingerprint density at radius 2 is 1.69 bits per heavy atom. The molecule has 0 aliphatic carbocycles. The minimum atomic E-state index is -4.11. The highest BCUT2D eigenvalue weighted by molar-refractivity contribution is 8.01. The first-order chi connectivity index (χ1) is 15.3. The molecule has 1 amide bonds. The molecule has 1 saturated heterocycles. The van der Waals surface area contributed by atoms with Crippen LogP contribution in [0.25, 0.3) is 0 Å². The number of para-hydroxylation sites is 1. The topological polar surface area (TPSA) is 107 Å². The van der Waals surface area contributed by atoms with Gasteiger partial charge in [0, 0.05) is 16.5 Å². The van der Waals surface area contributed by atoms with E-state index < -0.39 is 27.3 Å². The lowest BCUT2D eigenvalue weighted by Gasteiger charge is -2.28. The van der Waals surface area contributed by atoms with Crippen molar-refractivity contribution >= 4 is 45.0 Å². The van der Waals surface area contributed by atoms with E-state index in [1.807, 2.05) is 6.07 Å². The SMILES string of the molecule is O=C(Nc1ccccc1)[C@@H]1CSC(c2ccc(O)c(O)c2)N1S(=O)(=O)c1ccc(Cl)cc1. The highest BCUT2D eigenvalue weighted by Crippen LogP contribution is 2.46. The fourth-order valence-electron chi connectivity index (χ4n) is 3.39. The molecule has 1 heterocycles. The van der Waals surface area contributed by atoms with E-state index in [4.69, 9.17) is 11.6 Å². The van der Waals surface area contributed by atoms with Crippen molar-refractivity contribution in [2.24, 2.45) is 0 Å². The van der Waals surface area contributed by atoms with Crippen molar-refractivity contribution in [2.75, 3.05) is 11.1 Å². The average molecular weight is 491 g/mol. The van der Waals surface area contributed by atoms with Gasteiger partial charge in [0.1, 0.15) is 6.04 Å². The van der Waals surface area contributed by atoms with Gasteiger partial charge in [-0.2, -0.15) is 4.31 Å². The number of carbonyl (C=O) groups excluding carboxylic acids is 1. The van der Waals surface area contributed by atoms with Gasteiger partial charge in [0.15, 0.2) is 11.5 Å². The number of rotatable bonds is 5. The molecule has 1 unspecified atom stereocenters. The van der Waals surface area contributed by atoms with E-state index in [1.54, 1.807) is 24.3 Å². The molecule has 0 radical (unpaired) electrons. The van der Waals surface area contributed by atoms with Crippen LogP contribution >= 0.6 is 23.4 Å². The van der Waals surface area contributed by atoms with Crippen LogP contribution in [0.5, 0.6) is 11.5 Å². The second-order valence-corrected chi connectivity index (χ2v) is 10.5. The summed E-state index contributed by atoms with van der Waals surface area (Å²) in [5.74, 6) is -0.948. The van der Waals surface area contributed by atoms with Crippen LogP contribution in [0.15, 0.2) is 77.7 Å². The molecule has 3 N–H and O–H groups in total. The third-order valence-electron chi connectivity index (χ3n) is 4.97. The zero-order valence-corrected chi connectivity index (χ0v) is 18.9. The quantitative estimate of drug-likeness (QED) is 0.463. The molecule has 1 aliphatic heterocycles. The van der Waals surface area contributed by atoms with Crippen molar-refractivity contribution < 1.29 is 23.4 Å². The van der Waals surface area contributed by atoms with Crippen molar-refractivity contribution in [2.45, 2.75) is 16.3 Å². The number of amides is 1. The van der Waals surface area contributed by atoms with E-state index in [1.165, 1.54) is 54.2 Å². The number of phenolic OH excluding ortho intramolecular Hbond substituents is 2. The van der Waals surface area contributed by atoms with Crippen molar-refractivity contribution in [3.8, 4) is 11.5 Å². The Hall–Kier alpha value is -2.72. The van der Waals surface area contributed by atoms with Crippen LogP contribution in [-0.2, 0) is 14.8 Å². The maximum atomic E-state index is 13.6. The molecule has 3 aromatic rings. The van der Waals surface area contributed by atoms with Crippen LogP contribution in [-0.4, -0.2) is 40.6 Å². The lowest BCUT2D eigenvalue weighted by molar-refractivity contribution is -0.119. The predicted molar refractivity (Wildman–Crippen MR) is 124 cm³/mol. The first-order valence-corrected chi connectivity index (χ1v) is 12.4. The molecule has 166 valence electrons. The molecule has 0 aromatic heterocycles. The van der Waals surface area contributed by atoms with E-state index in [9.17, 15) is 23.4 Å². The Morgan fingerprint density at radius 1 is 1.00 bits per heavy atom. The van der Waals surface area contributed by atoms with Gasteiger partial charge >= 0.3 is 0 Å². The summed E-state index contributed by atoms with van der Waals surface area (Å²) in [4.78, 5) is 13.1. The number of hydrogen-bond donors (Lipinski definition) is 3. The molecule has 4 rings (SSSR count). The van der Waals surface area contributed by atoms with Crippen LogP contribution in [0.2, 0.25) is 5.02 Å². The molecule has 0 bridgehead atoms. The van der Waals surface area contributed by atoms with Crippen molar-refractivity contribution in [3.05, 3.63) is 83.4 Å². The normalized spacial score (nSPS) is 19.0. The minimum Gasteiger partial charge on any atom is -0.504 e. The Labute approximate surface area is 194 Å². The lowest BCUT2D eigenvalue weighted by Crippen LogP contribution is -2.45. The summed E-state index contributed by atoms with van der Waals surface area (Å²) in [5.41, 5.74) is 0.995. The van der Waals surface area contributed by atoms with Crippen LogP contribution in [0.3, 0.4) is 0 Å². The molecule has 1 fully saturated rings. The number of benzene rings is 3. The fraction of sp³-hybridized carbons (Fsp3) is 0.136. The summed E-state index contributed by atoms with van der Waals surface area (Å²) in [5, 5.41) is 22.0. The van der Waals surface area contributed by atoms with E-state index in [2.05, 4.69) is 5.32 Å². The molecule has 7 nitrogen and oxygen atoms in total. The van der Waals surface area contributed by atoms with Crippen LogP contribution in [0.1, 0.15) is 10.9 Å². The number of aromatic hydroxyl groups is 2. The van der Waals surface area contributed by atoms with Gasteiger partial charge in [0.25, 0.3) is 0 Å². The largest absolute Gasteiger partial charge is 0.504 e. The highest BCUT2D eigenvalue weighted by Gasteiger charge is 2.47. The standard InChI is InChI=1S/C22H19ClN2O5S2/c23-15-7-9-17(10-8-15)32(29,30)25-18(21(28)24-16-4-2-1-3-5-16)13-31-22(25)14-6-11-19(26)20(27)12-14/h1-12,18,22,26-27H,13H2,(H,24,28)/t18-,22?/m0/s1. The van der Waals surface area contributed by atoms with Gasteiger partial charge in [-0.3, -0.25) is 4.79 Å². The highest BCUT2D eigenvalue weighted by atomic mass is 35.5. The summed E-state index contributed by atoms with van der Waals surface area (Å²) >= 11 is 7.18. The van der Waals surface area contributed by atoms with Gasteiger partial charge < -0.3 is 15.5 Å². The molecular formula is C22H19ClN2O5S2. The maximum Gasteiger partial charge on any atom is 0.245 e. The maximum absolute atomic E-state index is 13.6. The summed E-state index contributed by atoms with van der Waals surface area (Å²) < 4.78 is 28.4. The van der Waals surface area contributed by atoms with Gasteiger partial charge in [0.2, 0.25) is 15.9 Å². The molecule has 1 aliphatic rings. The number of sulfonamides is 1. The van der Waals surface area contributed by atoms with Crippen LogP contribution < -0.4 is 5.32 Å². The number of nitrogens with one attached hydrogen (secondary N) is 1. The van der Waals surface area contributed by atoms with Gasteiger partial charge in [-0.05, 0) is 54.1 Å². The van der Waals surface area contributed by atoms with Gasteiger partial charge in [-0.25, -0.2) is 8.42 Å². The summed E-state index contributed by atoms with van der Waals surface area (Å²) in [6.07, 6.45) is 0. The summed E-state index contributed by atoms with van der Waals surface area (Å²) in [6, 6.07) is 17.6. The minimum absolute atomic E-state index is 0.00471. The Kier molecular flexibility index (Phi) is 6.34. The fourth-order valence-corrected chi connectivity index (χ4v) is 7.04. The van der Waals surface area contributed by atoms with Gasteiger partial charge in [-0.15, -0.1) is 11.8 Å². The zero-order valence-electron chi connectivity index (χ0n) is 16.6. The molecule has 2 atom stereocenters. The van der Waals surface area contributed by atoms with Crippen LogP contribution in [0.4, 0.5) is 5.69 Å². The number of hydrogen-bond acceptors (Lipinski definition) is 6. The number of carbonyl (C=O) groups is 1. The number of phenols is 2. The second kappa shape index (κ2) is 9.03. The number of nitrogens with zero attached hydrogens (tertiary/aromatic N) is 1. The van der Waals surface area contributed by atoms with E-state index in [0.29, 0.717) is 16.3 Å². The molecule has 0 saturated carbocycles. The lowest BCUT2D eigenvalue weighted by atomic mass is 10.2. The number of thioether (sulfide) groups is 1. The molecule has 0 spiro atoms. The molecular weight excluding hydrogens is 472 g/mol. The Bertz CT molecular complexity index is 1240. The average Bonchev–Trinajstić information content (AvgIpc) is 3.23. The third-order valence-corrected chi connectivity index (χ3v) is 8.56. The first kappa shape index (κ1) is 22.5. The van der Waals surface area contributed by atoms with Crippen molar-refractivity contribution in [3.63, 3.8) is 0 Å². The van der Waals surface area contributed by atoms with Gasteiger partial charge in [0.05, 0.1) is 10.3 Å². The smallest absolute Gasteiger partial charge is 0.245 e. The number of halogens is 1. The van der Waals surface area contributed by atoms with Gasteiger partial charge in [-0.1, -0.05) is 35.9 Å². The Balaban J connectivity index is 1.75. The van der Waals surface area contributed by atoms with Crippen LogP contribution in [0, 0.1) is 0 Å². The molecule has 3 aromatic carbocycles. The van der Waals surface area contributed by atoms with E-state index >= 15 is 0 Å². The Morgan fingerprint density at radius 3 is 2.34 bits per heavy atom. The summed E-state index contributed by atoms with van der Waals surface area (Å²) in [6.45, 7) is 0. The molecule has 32 heavy (non-hydrogen) atoms. The molecule has 10 heteroatoms. The predicted octanol–water partition coefficient (Wildman–Crippen LogP) is 4.19. The first-order valence-electron chi connectivity index (χ1n) is 9.56. The third kappa shape index (κ3) is 4.42. The van der Waals surface area contributed by atoms with Crippen molar-refractivity contribution in [1.29, 1.82) is 0 Å². The number of anilines is 1. The zero-order chi connectivity index (χ0) is 22.9. The van der Waals surface area contributed by atoms with E-state index in [0.717, 1.165) is 4.31 Å². The second-order valence-electron chi connectivity index (χ2n) is 7.09. The summed E-state index contributed by atoms with van der Waals surface area (Å²) in [7, 11) is -4.11. The van der Waals surface area contributed by atoms with E-state index in [-0.39, 0.29) is 22.1 Å².